The molecule has 2 amide bonds. The second-order valence-corrected chi connectivity index (χ2v) is 4.96. The summed E-state index contributed by atoms with van der Waals surface area (Å²) in [4.78, 5) is 26.5. The summed E-state index contributed by atoms with van der Waals surface area (Å²) in [5.41, 5.74) is 2.24. The molecule has 1 unspecified atom stereocenters. The number of rotatable bonds is 3. The van der Waals surface area contributed by atoms with Crippen LogP contribution in [0.15, 0.2) is 18.2 Å². The number of carbonyl (C=O) groups is 2. The van der Waals surface area contributed by atoms with Gasteiger partial charge in [0.1, 0.15) is 6.04 Å². The second kappa shape index (κ2) is 5.43. The van der Waals surface area contributed by atoms with Gasteiger partial charge in [0.25, 0.3) is 5.91 Å². The van der Waals surface area contributed by atoms with Crippen LogP contribution in [0.3, 0.4) is 0 Å². The van der Waals surface area contributed by atoms with Crippen molar-refractivity contribution in [2.75, 3.05) is 11.9 Å². The van der Waals surface area contributed by atoms with E-state index in [2.05, 4.69) is 5.32 Å². The first-order valence-corrected chi connectivity index (χ1v) is 6.81. The third-order valence-electron chi connectivity index (χ3n) is 3.45. The highest BCUT2D eigenvalue weighted by Crippen LogP contribution is 2.25. The van der Waals surface area contributed by atoms with Gasteiger partial charge in [-0.3, -0.25) is 9.59 Å². The highest BCUT2D eigenvalue weighted by atomic mass is 16.2. The molecule has 0 radical (unpaired) electrons. The minimum absolute atomic E-state index is 0.0502. The van der Waals surface area contributed by atoms with E-state index in [-0.39, 0.29) is 17.9 Å². The molecule has 1 aromatic rings. The van der Waals surface area contributed by atoms with E-state index in [4.69, 9.17) is 0 Å². The minimum Gasteiger partial charge on any atom is -0.327 e. The first kappa shape index (κ1) is 13.6. The largest absolute Gasteiger partial charge is 0.327 e. The summed E-state index contributed by atoms with van der Waals surface area (Å²) in [6, 6.07) is 5.18. The van der Waals surface area contributed by atoms with Gasteiger partial charge in [0.15, 0.2) is 0 Å². The van der Waals surface area contributed by atoms with Gasteiger partial charge in [0, 0.05) is 6.54 Å². The summed E-state index contributed by atoms with van der Waals surface area (Å²) < 4.78 is 0. The fraction of sp³-hybridized carbons (Fsp3) is 0.467. The summed E-state index contributed by atoms with van der Waals surface area (Å²) in [5.74, 6) is -0.141. The molecular formula is C15H20N2O2. The van der Waals surface area contributed by atoms with Crippen molar-refractivity contribution in [1.29, 1.82) is 0 Å². The van der Waals surface area contributed by atoms with Crippen LogP contribution in [0.2, 0.25) is 0 Å². The van der Waals surface area contributed by atoms with Gasteiger partial charge in [0.2, 0.25) is 5.91 Å². The van der Waals surface area contributed by atoms with Crippen molar-refractivity contribution in [3.63, 3.8) is 0 Å². The van der Waals surface area contributed by atoms with Crippen molar-refractivity contribution in [2.45, 2.75) is 39.7 Å². The summed E-state index contributed by atoms with van der Waals surface area (Å²) in [5, 5.41) is 2.87. The molecule has 1 atom stereocenters. The number of aryl methyl sites for hydroxylation is 1. The molecule has 4 heteroatoms. The predicted octanol–water partition coefficient (Wildman–Crippen LogP) is 2.58. The molecule has 102 valence electrons. The van der Waals surface area contributed by atoms with Gasteiger partial charge in [-0.2, -0.15) is 0 Å². The number of fused-ring (bicyclic) bond motifs is 1. The Morgan fingerprint density at radius 2 is 2.00 bits per heavy atom. The Labute approximate surface area is 113 Å². The molecule has 1 N–H and O–H groups in total. The molecule has 4 nitrogen and oxygen atoms in total. The van der Waals surface area contributed by atoms with Crippen molar-refractivity contribution in [1.82, 2.24) is 4.90 Å². The minimum atomic E-state index is -0.375. The van der Waals surface area contributed by atoms with Crippen molar-refractivity contribution in [3.8, 4) is 0 Å². The molecule has 1 aliphatic heterocycles. The standard InChI is InChI=1S/C15H20N2O2/c1-4-8-17-13(5-2)14(18)16-12-7-6-10(3)9-11(12)15(17)19/h6-7,9,13H,4-5,8H2,1-3H3,(H,16,18). The smallest absolute Gasteiger partial charge is 0.256 e. The number of hydrogen-bond acceptors (Lipinski definition) is 2. The van der Waals surface area contributed by atoms with Crippen LogP contribution in [-0.4, -0.2) is 29.3 Å². The average Bonchev–Trinajstić information content (AvgIpc) is 2.48. The summed E-state index contributed by atoms with van der Waals surface area (Å²) in [6.45, 7) is 6.50. The van der Waals surface area contributed by atoms with E-state index in [1.54, 1.807) is 4.90 Å². The van der Waals surface area contributed by atoms with Crippen LogP contribution in [0.5, 0.6) is 0 Å². The van der Waals surface area contributed by atoms with Crippen LogP contribution in [-0.2, 0) is 4.79 Å². The van der Waals surface area contributed by atoms with Gasteiger partial charge >= 0.3 is 0 Å². The van der Waals surface area contributed by atoms with Gasteiger partial charge in [-0.15, -0.1) is 0 Å². The molecule has 1 heterocycles. The Kier molecular flexibility index (Phi) is 3.88. The van der Waals surface area contributed by atoms with Crippen LogP contribution in [0.4, 0.5) is 5.69 Å². The van der Waals surface area contributed by atoms with E-state index in [0.29, 0.717) is 24.2 Å². The van der Waals surface area contributed by atoms with E-state index in [1.807, 2.05) is 39.0 Å². The lowest BCUT2D eigenvalue weighted by Gasteiger charge is -2.27. The van der Waals surface area contributed by atoms with Gasteiger partial charge in [-0.05, 0) is 31.9 Å². The Balaban J connectivity index is 2.50. The molecule has 0 saturated heterocycles. The first-order valence-electron chi connectivity index (χ1n) is 6.81. The van der Waals surface area contributed by atoms with Crippen LogP contribution in [0, 0.1) is 6.92 Å². The lowest BCUT2D eigenvalue weighted by atomic mass is 10.1. The third-order valence-corrected chi connectivity index (χ3v) is 3.45. The molecule has 0 saturated carbocycles. The highest BCUT2D eigenvalue weighted by Gasteiger charge is 2.33. The van der Waals surface area contributed by atoms with Gasteiger partial charge in [0.05, 0.1) is 11.3 Å². The lowest BCUT2D eigenvalue weighted by Crippen LogP contribution is -2.45. The Morgan fingerprint density at radius 1 is 1.26 bits per heavy atom. The highest BCUT2D eigenvalue weighted by molar-refractivity contribution is 6.09. The molecule has 1 aliphatic rings. The quantitative estimate of drug-likeness (QED) is 0.908. The van der Waals surface area contributed by atoms with Gasteiger partial charge < -0.3 is 10.2 Å². The third kappa shape index (κ3) is 2.48. The topological polar surface area (TPSA) is 49.4 Å². The zero-order valence-electron chi connectivity index (χ0n) is 11.7. The molecule has 0 aromatic heterocycles. The maximum Gasteiger partial charge on any atom is 0.256 e. The fourth-order valence-electron chi connectivity index (χ4n) is 2.50. The average molecular weight is 260 g/mol. The molecular weight excluding hydrogens is 240 g/mol. The van der Waals surface area contributed by atoms with Crippen LogP contribution in [0.25, 0.3) is 0 Å². The molecule has 0 fully saturated rings. The van der Waals surface area contributed by atoms with Crippen LogP contribution >= 0.6 is 0 Å². The summed E-state index contributed by atoms with van der Waals surface area (Å²) >= 11 is 0. The number of carbonyl (C=O) groups excluding carboxylic acids is 2. The molecule has 0 spiro atoms. The maximum absolute atomic E-state index is 12.6. The SMILES string of the molecule is CCCN1C(=O)c2cc(C)ccc2NC(=O)C1CC. The summed E-state index contributed by atoms with van der Waals surface area (Å²) in [7, 11) is 0. The second-order valence-electron chi connectivity index (χ2n) is 4.96. The van der Waals surface area contributed by atoms with E-state index in [9.17, 15) is 9.59 Å². The summed E-state index contributed by atoms with van der Waals surface area (Å²) in [6.07, 6.45) is 1.47. The number of nitrogens with one attached hydrogen (secondary N) is 1. The van der Waals surface area contributed by atoms with Crippen molar-refractivity contribution in [3.05, 3.63) is 29.3 Å². The molecule has 0 bridgehead atoms. The zero-order chi connectivity index (χ0) is 14.0. The Morgan fingerprint density at radius 3 is 2.63 bits per heavy atom. The van der Waals surface area contributed by atoms with Crippen LogP contribution < -0.4 is 5.32 Å². The number of amides is 2. The van der Waals surface area contributed by atoms with Crippen molar-refractivity contribution >= 4 is 17.5 Å². The molecule has 2 rings (SSSR count). The maximum atomic E-state index is 12.6. The number of hydrogen-bond donors (Lipinski definition) is 1. The van der Waals surface area contributed by atoms with Crippen molar-refractivity contribution < 1.29 is 9.59 Å². The Bertz CT molecular complexity index is 511. The number of nitrogens with zero attached hydrogens (tertiary/aromatic N) is 1. The molecule has 19 heavy (non-hydrogen) atoms. The number of benzene rings is 1. The fourth-order valence-corrected chi connectivity index (χ4v) is 2.50. The van der Waals surface area contributed by atoms with Gasteiger partial charge in [-0.1, -0.05) is 25.5 Å². The van der Waals surface area contributed by atoms with Gasteiger partial charge in [-0.25, -0.2) is 0 Å². The monoisotopic (exact) mass is 260 g/mol. The lowest BCUT2D eigenvalue weighted by molar-refractivity contribution is -0.120. The first-order chi connectivity index (χ1) is 9.08. The molecule has 1 aromatic carbocycles. The Hall–Kier alpha value is -1.84. The van der Waals surface area contributed by atoms with Crippen LogP contribution in [0.1, 0.15) is 42.6 Å². The normalized spacial score (nSPS) is 18.9. The molecule has 0 aliphatic carbocycles. The van der Waals surface area contributed by atoms with E-state index in [0.717, 1.165) is 12.0 Å². The number of anilines is 1. The predicted molar refractivity (Wildman–Crippen MR) is 75.2 cm³/mol. The zero-order valence-corrected chi connectivity index (χ0v) is 11.7. The van der Waals surface area contributed by atoms with Crippen molar-refractivity contribution in [2.24, 2.45) is 0 Å². The van der Waals surface area contributed by atoms with E-state index < -0.39 is 0 Å². The van der Waals surface area contributed by atoms with E-state index in [1.165, 1.54) is 0 Å². The van der Waals surface area contributed by atoms with E-state index >= 15 is 0 Å².